The summed E-state index contributed by atoms with van der Waals surface area (Å²) in [6.07, 6.45) is 2.12. The second-order valence-corrected chi connectivity index (χ2v) is 5.85. The number of hydrogen-bond acceptors (Lipinski definition) is 5. The molecule has 0 radical (unpaired) electrons. The van der Waals surface area contributed by atoms with E-state index >= 15 is 0 Å². The van der Waals surface area contributed by atoms with Crippen molar-refractivity contribution in [3.8, 4) is 0 Å². The van der Waals surface area contributed by atoms with Crippen molar-refractivity contribution in [1.29, 1.82) is 0 Å². The fourth-order valence-electron chi connectivity index (χ4n) is 3.14. The minimum absolute atomic E-state index is 0.0208. The Morgan fingerprint density at radius 2 is 2.00 bits per heavy atom. The number of aliphatic hydroxyl groups excluding tert-OH is 1. The molecule has 2 aliphatic rings. The van der Waals surface area contributed by atoms with Crippen LogP contribution in [0.2, 0.25) is 0 Å². The summed E-state index contributed by atoms with van der Waals surface area (Å²) < 4.78 is 0. The number of nitro groups is 1. The molecule has 22 heavy (non-hydrogen) atoms. The second kappa shape index (κ2) is 5.92. The minimum Gasteiger partial charge on any atom is -0.391 e. The Kier molecular flexibility index (Phi) is 3.98. The summed E-state index contributed by atoms with van der Waals surface area (Å²) in [7, 11) is 0. The number of anilines is 1. The molecule has 0 saturated carbocycles. The van der Waals surface area contributed by atoms with Gasteiger partial charge in [-0.2, -0.15) is 0 Å². The number of nitrogens with zero attached hydrogens (tertiary/aromatic N) is 3. The summed E-state index contributed by atoms with van der Waals surface area (Å²) in [6.45, 7) is 2.40. The quantitative estimate of drug-likeness (QED) is 0.674. The number of likely N-dealkylation sites (tertiary alicyclic amines) is 1. The van der Waals surface area contributed by atoms with Gasteiger partial charge < -0.3 is 14.9 Å². The zero-order valence-electron chi connectivity index (χ0n) is 12.3. The molecule has 0 bridgehead atoms. The van der Waals surface area contributed by atoms with Crippen molar-refractivity contribution in [3.63, 3.8) is 0 Å². The Balaban J connectivity index is 1.88. The average molecular weight is 305 g/mol. The largest absolute Gasteiger partial charge is 0.391 e. The predicted octanol–water partition coefficient (Wildman–Crippen LogP) is 1.40. The number of hydrogen-bond donors (Lipinski definition) is 1. The summed E-state index contributed by atoms with van der Waals surface area (Å²) >= 11 is 0. The van der Waals surface area contributed by atoms with Gasteiger partial charge in [-0.3, -0.25) is 14.9 Å². The molecule has 1 aromatic carbocycles. The average Bonchev–Trinajstić information content (AvgIpc) is 3.17. The van der Waals surface area contributed by atoms with Crippen LogP contribution >= 0.6 is 0 Å². The van der Waals surface area contributed by atoms with E-state index in [1.165, 1.54) is 6.07 Å². The standard InChI is InChI=1S/C15H19N3O4/c19-12-5-8-17(10-12)15(20)11-3-4-13(14(9-11)18(21)22)16-6-1-2-7-16/h3-4,9,12,19H,1-2,5-8,10H2/t12-/m1/s1. The third-order valence-corrected chi connectivity index (χ3v) is 4.32. The molecule has 7 heteroatoms. The highest BCUT2D eigenvalue weighted by Gasteiger charge is 2.28. The SMILES string of the molecule is O=C(c1ccc(N2CCCC2)c([N+](=O)[O-])c1)N1CC[C@@H](O)C1. The third kappa shape index (κ3) is 2.76. The Hall–Kier alpha value is -2.15. The van der Waals surface area contributed by atoms with E-state index in [9.17, 15) is 20.0 Å². The molecule has 7 nitrogen and oxygen atoms in total. The number of aliphatic hydroxyl groups is 1. The van der Waals surface area contributed by atoms with E-state index in [-0.39, 0.29) is 11.6 Å². The highest BCUT2D eigenvalue weighted by molar-refractivity contribution is 5.96. The van der Waals surface area contributed by atoms with Crippen LogP contribution in [-0.2, 0) is 0 Å². The molecule has 0 unspecified atom stereocenters. The summed E-state index contributed by atoms with van der Waals surface area (Å²) in [5, 5.41) is 20.9. The number of benzene rings is 1. The minimum atomic E-state index is -0.497. The molecule has 1 amide bonds. The molecule has 1 aromatic rings. The number of rotatable bonds is 3. The normalized spacial score (nSPS) is 21.4. The molecule has 0 aliphatic carbocycles. The summed E-state index contributed by atoms with van der Waals surface area (Å²) in [6, 6.07) is 4.68. The van der Waals surface area contributed by atoms with Gasteiger partial charge in [-0.05, 0) is 31.4 Å². The first-order chi connectivity index (χ1) is 10.6. The van der Waals surface area contributed by atoms with Crippen molar-refractivity contribution in [2.45, 2.75) is 25.4 Å². The van der Waals surface area contributed by atoms with Crippen LogP contribution in [0, 0.1) is 10.1 Å². The molecule has 1 N–H and O–H groups in total. The first-order valence-corrected chi connectivity index (χ1v) is 7.57. The van der Waals surface area contributed by atoms with E-state index < -0.39 is 11.0 Å². The summed E-state index contributed by atoms with van der Waals surface area (Å²) in [5.74, 6) is -0.257. The van der Waals surface area contributed by atoms with Crippen LogP contribution in [0.1, 0.15) is 29.6 Å². The van der Waals surface area contributed by atoms with Crippen LogP contribution in [0.4, 0.5) is 11.4 Å². The molecule has 1 atom stereocenters. The van der Waals surface area contributed by atoms with Crippen molar-refractivity contribution in [2.75, 3.05) is 31.1 Å². The highest BCUT2D eigenvalue weighted by atomic mass is 16.6. The fourth-order valence-corrected chi connectivity index (χ4v) is 3.14. The number of β-amino-alcohol motifs (C(OH)–C–C–N with tert-alkyl or cyclic N) is 1. The Labute approximate surface area is 128 Å². The number of carbonyl (C=O) groups excluding carboxylic acids is 1. The van der Waals surface area contributed by atoms with Crippen molar-refractivity contribution >= 4 is 17.3 Å². The maximum atomic E-state index is 12.4. The van der Waals surface area contributed by atoms with Gasteiger partial charge in [0.25, 0.3) is 11.6 Å². The third-order valence-electron chi connectivity index (χ3n) is 4.32. The summed E-state index contributed by atoms with van der Waals surface area (Å²) in [4.78, 5) is 26.8. The van der Waals surface area contributed by atoms with Crippen LogP contribution in [0.15, 0.2) is 18.2 Å². The molecule has 118 valence electrons. The first-order valence-electron chi connectivity index (χ1n) is 7.57. The van der Waals surface area contributed by atoms with Crippen LogP contribution in [-0.4, -0.2) is 53.1 Å². The predicted molar refractivity (Wildman–Crippen MR) is 81.1 cm³/mol. The van der Waals surface area contributed by atoms with E-state index in [0.717, 1.165) is 25.9 Å². The van der Waals surface area contributed by atoms with E-state index in [1.54, 1.807) is 17.0 Å². The molecule has 2 heterocycles. The van der Waals surface area contributed by atoms with Gasteiger partial charge in [-0.1, -0.05) is 0 Å². The zero-order valence-corrected chi connectivity index (χ0v) is 12.3. The monoisotopic (exact) mass is 305 g/mol. The maximum Gasteiger partial charge on any atom is 0.293 e. The molecule has 2 aliphatic heterocycles. The van der Waals surface area contributed by atoms with Gasteiger partial charge in [-0.15, -0.1) is 0 Å². The molecule has 0 spiro atoms. The van der Waals surface area contributed by atoms with Crippen LogP contribution < -0.4 is 4.90 Å². The lowest BCUT2D eigenvalue weighted by molar-refractivity contribution is -0.384. The number of nitro benzene ring substituents is 1. The number of amides is 1. The van der Waals surface area contributed by atoms with Crippen LogP contribution in [0.25, 0.3) is 0 Å². The Morgan fingerprint density at radius 3 is 2.59 bits per heavy atom. The molecular weight excluding hydrogens is 286 g/mol. The lowest BCUT2D eigenvalue weighted by atomic mass is 10.1. The fraction of sp³-hybridized carbons (Fsp3) is 0.533. The van der Waals surface area contributed by atoms with E-state index in [4.69, 9.17) is 0 Å². The van der Waals surface area contributed by atoms with Gasteiger partial charge in [-0.25, -0.2) is 0 Å². The first kappa shape index (κ1) is 14.8. The molecule has 3 rings (SSSR count). The highest BCUT2D eigenvalue weighted by Crippen LogP contribution is 2.32. The Morgan fingerprint density at radius 1 is 1.27 bits per heavy atom. The lowest BCUT2D eigenvalue weighted by Gasteiger charge is -2.19. The lowest BCUT2D eigenvalue weighted by Crippen LogP contribution is -2.29. The van der Waals surface area contributed by atoms with Crippen molar-refractivity contribution < 1.29 is 14.8 Å². The van der Waals surface area contributed by atoms with E-state index in [2.05, 4.69) is 0 Å². The van der Waals surface area contributed by atoms with Gasteiger partial charge in [0.1, 0.15) is 5.69 Å². The van der Waals surface area contributed by atoms with Gasteiger partial charge in [0.05, 0.1) is 11.0 Å². The van der Waals surface area contributed by atoms with Crippen LogP contribution in [0.3, 0.4) is 0 Å². The van der Waals surface area contributed by atoms with Gasteiger partial charge >= 0.3 is 0 Å². The van der Waals surface area contributed by atoms with Gasteiger partial charge in [0.15, 0.2) is 0 Å². The zero-order chi connectivity index (χ0) is 15.7. The van der Waals surface area contributed by atoms with Crippen molar-refractivity contribution in [1.82, 2.24) is 4.90 Å². The van der Waals surface area contributed by atoms with E-state index in [1.807, 2.05) is 4.90 Å². The maximum absolute atomic E-state index is 12.4. The topological polar surface area (TPSA) is 86.9 Å². The number of carbonyl (C=O) groups is 1. The molecule has 2 fully saturated rings. The van der Waals surface area contributed by atoms with Gasteiger partial charge in [0.2, 0.25) is 0 Å². The summed E-state index contributed by atoms with van der Waals surface area (Å²) in [5.41, 5.74) is 0.872. The molecular formula is C15H19N3O4. The van der Waals surface area contributed by atoms with Gasteiger partial charge in [0, 0.05) is 37.8 Å². The van der Waals surface area contributed by atoms with Crippen molar-refractivity contribution in [3.05, 3.63) is 33.9 Å². The van der Waals surface area contributed by atoms with Crippen molar-refractivity contribution in [2.24, 2.45) is 0 Å². The second-order valence-electron chi connectivity index (χ2n) is 5.85. The smallest absolute Gasteiger partial charge is 0.293 e. The molecule has 2 saturated heterocycles. The molecule has 0 aromatic heterocycles. The Bertz CT molecular complexity index is 598. The van der Waals surface area contributed by atoms with E-state index in [0.29, 0.717) is 30.8 Å². The van der Waals surface area contributed by atoms with Crippen LogP contribution in [0.5, 0.6) is 0 Å².